The molecule has 0 aromatic carbocycles. The van der Waals surface area contributed by atoms with Crippen LogP contribution in [0.5, 0.6) is 0 Å². The molecule has 0 unspecified atom stereocenters. The van der Waals surface area contributed by atoms with Crippen LogP contribution in [0.15, 0.2) is 0 Å². The van der Waals surface area contributed by atoms with E-state index in [4.69, 9.17) is 12.3 Å². The minimum Gasteiger partial charge on any atom is -0.481 e. The second kappa shape index (κ2) is 5.50. The standard InChI is InChI=1S/C7H14N2O4/c1-4(3-10)9-7(13)5(8)2-6(11)12/h4-5,10H,2-3,8H2,1H3,(H,9,13)(H,11,12)/t4-,5-/m0/s1/i/hD. The Bertz CT molecular complexity index is 212. The lowest BCUT2D eigenvalue weighted by Gasteiger charge is -2.14. The van der Waals surface area contributed by atoms with E-state index in [2.05, 4.69) is 10.4 Å². The molecular weight excluding hydrogens is 176 g/mol. The normalized spacial score (nSPS) is 15.5. The summed E-state index contributed by atoms with van der Waals surface area (Å²) in [5, 5.41) is 14.6. The van der Waals surface area contributed by atoms with Gasteiger partial charge in [-0.2, -0.15) is 0 Å². The first-order chi connectivity index (χ1) is 6.51. The second-order valence-corrected chi connectivity index (χ2v) is 2.77. The van der Waals surface area contributed by atoms with E-state index in [1.165, 1.54) is 0 Å². The van der Waals surface area contributed by atoms with Gasteiger partial charge in [0.25, 0.3) is 1.43 Å². The zero-order chi connectivity index (χ0) is 11.1. The summed E-state index contributed by atoms with van der Waals surface area (Å²) in [5.74, 6) is -1.43. The number of carbonyl (C=O) groups excluding carboxylic acids is 1. The Morgan fingerprint density at radius 2 is 2.31 bits per heavy atom. The van der Waals surface area contributed by atoms with E-state index in [0.717, 1.165) is 0 Å². The summed E-state index contributed by atoms with van der Waals surface area (Å²) in [4.78, 5) is 21.7. The summed E-state index contributed by atoms with van der Waals surface area (Å²) in [7, 11) is 0. The van der Waals surface area contributed by atoms with Crippen LogP contribution in [-0.4, -0.2) is 40.8 Å². The van der Waals surface area contributed by atoms with Crippen molar-refractivity contribution in [2.45, 2.75) is 25.4 Å². The predicted molar refractivity (Wildman–Crippen MR) is 44.9 cm³/mol. The van der Waals surface area contributed by atoms with Crippen LogP contribution < -0.4 is 11.1 Å². The van der Waals surface area contributed by atoms with Crippen molar-refractivity contribution in [1.82, 2.24) is 5.32 Å². The maximum absolute atomic E-state index is 11.1. The first-order valence-electron chi connectivity index (χ1n) is 4.24. The predicted octanol–water partition coefficient (Wildman–Crippen LogP) is -1.71. The van der Waals surface area contributed by atoms with Gasteiger partial charge in [-0.3, -0.25) is 9.59 Å². The van der Waals surface area contributed by atoms with Gasteiger partial charge in [-0.25, -0.2) is 0 Å². The smallest absolute Gasteiger partial charge is 0.305 e. The number of carboxylic acid groups (broad SMARTS) is 1. The van der Waals surface area contributed by atoms with Crippen LogP contribution in [0.25, 0.3) is 1.43 Å². The molecule has 76 valence electrons. The van der Waals surface area contributed by atoms with Gasteiger partial charge in [-0.1, -0.05) is 0 Å². The molecule has 0 fully saturated rings. The van der Waals surface area contributed by atoms with Gasteiger partial charge in [-0.15, -0.1) is 0 Å². The summed E-state index contributed by atoms with van der Waals surface area (Å²) in [5.41, 5.74) is 5.32. The lowest BCUT2D eigenvalue weighted by Crippen LogP contribution is -2.46. The van der Waals surface area contributed by atoms with E-state index in [9.17, 15) is 9.59 Å². The fraction of sp³-hybridized carbons (Fsp3) is 0.714. The Kier molecular flexibility index (Phi) is 4.20. The van der Waals surface area contributed by atoms with Gasteiger partial charge in [0.15, 0.2) is 0 Å². The highest BCUT2D eigenvalue weighted by molar-refractivity contribution is 5.86. The van der Waals surface area contributed by atoms with E-state index < -0.39 is 24.0 Å². The van der Waals surface area contributed by atoms with E-state index in [0.29, 0.717) is 0 Å². The zero-order valence-electron chi connectivity index (χ0n) is 8.32. The molecule has 6 heteroatoms. The lowest BCUT2D eigenvalue weighted by molar-refractivity contribution is -0.139. The van der Waals surface area contributed by atoms with E-state index in [-0.39, 0.29) is 13.0 Å². The minimum atomic E-state index is -1.05. The molecule has 0 radical (unpaired) electrons. The number of carbonyl (C=O) groups is 2. The molecule has 5 N–H and O–H groups in total. The number of amides is 1. The maximum atomic E-state index is 11.1. The number of aliphatic carboxylic acids is 1. The SMILES string of the molecule is [2H]OC(=O)C[C@H](N)C(=O)N[C@@H](C)CO. The number of nitrogens with one attached hydrogen (secondary N) is 1. The highest BCUT2D eigenvalue weighted by atomic mass is 16.4. The summed E-state index contributed by atoms with van der Waals surface area (Å²) in [6.07, 6.45) is -0.354. The van der Waals surface area contributed by atoms with Crippen molar-refractivity contribution < 1.29 is 19.8 Å². The Labute approximate surface area is 77.2 Å². The van der Waals surface area contributed by atoms with E-state index in [1.807, 2.05) is 0 Å². The van der Waals surface area contributed by atoms with Crippen LogP contribution in [0.1, 0.15) is 13.3 Å². The third kappa shape index (κ3) is 5.15. The van der Waals surface area contributed by atoms with Gasteiger partial charge in [0, 0.05) is 6.04 Å². The molecule has 0 spiro atoms. The highest BCUT2D eigenvalue weighted by Crippen LogP contribution is 1.89. The number of carboxylic acids is 1. The van der Waals surface area contributed by atoms with Crippen LogP contribution in [0.3, 0.4) is 0 Å². The van der Waals surface area contributed by atoms with E-state index >= 15 is 0 Å². The van der Waals surface area contributed by atoms with Crippen molar-refractivity contribution in [3.8, 4) is 0 Å². The Hall–Kier alpha value is -1.14. The molecule has 0 bridgehead atoms. The topological polar surface area (TPSA) is 113 Å². The molecule has 0 aliphatic heterocycles. The fourth-order valence-electron chi connectivity index (χ4n) is 0.668. The highest BCUT2D eigenvalue weighted by Gasteiger charge is 2.17. The van der Waals surface area contributed by atoms with Crippen molar-refractivity contribution in [1.29, 1.82) is 1.43 Å². The fourth-order valence-corrected chi connectivity index (χ4v) is 0.668. The molecule has 0 saturated carbocycles. The molecular formula is C7H14N2O4. The van der Waals surface area contributed by atoms with Crippen molar-refractivity contribution in [2.24, 2.45) is 5.73 Å². The Balaban J connectivity index is 3.93. The van der Waals surface area contributed by atoms with Gasteiger partial charge in [0.05, 0.1) is 19.1 Å². The van der Waals surface area contributed by atoms with Crippen molar-refractivity contribution in [2.75, 3.05) is 6.61 Å². The maximum Gasteiger partial charge on any atom is 0.305 e. The molecule has 0 saturated heterocycles. The van der Waals surface area contributed by atoms with Gasteiger partial charge in [-0.05, 0) is 6.92 Å². The summed E-state index contributed by atoms with van der Waals surface area (Å²) in [6.45, 7) is 1.38. The molecule has 0 aliphatic carbocycles. The first-order valence-corrected chi connectivity index (χ1v) is 3.84. The van der Waals surface area contributed by atoms with E-state index in [1.54, 1.807) is 6.92 Å². The number of hydrogen-bond donors (Lipinski definition) is 4. The molecule has 0 aromatic rings. The summed E-state index contributed by atoms with van der Waals surface area (Å²) < 4.78 is 6.24. The molecule has 0 heterocycles. The summed E-state index contributed by atoms with van der Waals surface area (Å²) >= 11 is 0. The zero-order valence-corrected chi connectivity index (χ0v) is 7.32. The third-order valence-electron chi connectivity index (χ3n) is 1.39. The molecule has 0 aromatic heterocycles. The molecule has 0 aliphatic rings. The Morgan fingerprint density at radius 3 is 2.77 bits per heavy atom. The molecule has 6 nitrogen and oxygen atoms in total. The number of rotatable bonds is 5. The van der Waals surface area contributed by atoms with Crippen molar-refractivity contribution in [3.63, 3.8) is 0 Å². The number of aliphatic hydroxyl groups is 1. The molecule has 13 heavy (non-hydrogen) atoms. The van der Waals surface area contributed by atoms with Crippen LogP contribution >= 0.6 is 0 Å². The minimum absolute atomic E-state index is 0.207. The Morgan fingerprint density at radius 1 is 1.69 bits per heavy atom. The number of hydrogen-bond acceptors (Lipinski definition) is 5. The van der Waals surface area contributed by atoms with Gasteiger partial charge in [0.2, 0.25) is 5.91 Å². The molecule has 0 rings (SSSR count). The van der Waals surface area contributed by atoms with Crippen molar-refractivity contribution in [3.05, 3.63) is 0 Å². The average molecular weight is 191 g/mol. The van der Waals surface area contributed by atoms with Crippen LogP contribution in [0.4, 0.5) is 0 Å². The van der Waals surface area contributed by atoms with Gasteiger partial charge >= 0.3 is 5.97 Å². The van der Waals surface area contributed by atoms with Gasteiger partial charge in [0.1, 0.15) is 0 Å². The van der Waals surface area contributed by atoms with Crippen LogP contribution in [-0.2, 0) is 9.59 Å². The molecule has 1 amide bonds. The largest absolute Gasteiger partial charge is 0.481 e. The quantitative estimate of drug-likeness (QED) is 0.413. The van der Waals surface area contributed by atoms with Gasteiger partial charge < -0.3 is 21.3 Å². The molecule has 2 atom stereocenters. The number of nitrogens with two attached hydrogens (primary N) is 1. The second-order valence-electron chi connectivity index (χ2n) is 2.77. The first kappa shape index (κ1) is 9.94. The van der Waals surface area contributed by atoms with Crippen molar-refractivity contribution >= 4 is 11.9 Å². The van der Waals surface area contributed by atoms with Crippen LogP contribution in [0.2, 0.25) is 0 Å². The lowest BCUT2D eigenvalue weighted by atomic mass is 10.2. The number of aliphatic hydroxyl groups excluding tert-OH is 1. The monoisotopic (exact) mass is 191 g/mol. The van der Waals surface area contributed by atoms with Crippen LogP contribution in [0, 0.1) is 0 Å². The summed E-state index contributed by atoms with van der Waals surface area (Å²) in [6, 6.07) is -1.47. The third-order valence-corrected chi connectivity index (χ3v) is 1.39. The average Bonchev–Trinajstić information content (AvgIpc) is 2.17.